The number of nitrogens with two attached hydrogens (primary N) is 1. The van der Waals surface area contributed by atoms with Crippen LogP contribution in [0.4, 0.5) is 4.79 Å². The third-order valence-corrected chi connectivity index (χ3v) is 2.43. The van der Waals surface area contributed by atoms with Crippen LogP contribution in [-0.2, 0) is 4.74 Å². The van der Waals surface area contributed by atoms with Crippen molar-refractivity contribution in [2.75, 3.05) is 13.6 Å². The fourth-order valence-corrected chi connectivity index (χ4v) is 1.50. The van der Waals surface area contributed by atoms with Crippen LogP contribution in [0.1, 0.15) is 19.8 Å². The number of ether oxygens (including phenoxy) is 1. The van der Waals surface area contributed by atoms with Crippen molar-refractivity contribution >= 4 is 6.09 Å². The number of likely N-dealkylation sites (tertiary alicyclic amines) is 1. The molecule has 1 amide bonds. The lowest BCUT2D eigenvalue weighted by atomic mass is 10.0. The molecule has 0 saturated carbocycles. The smallest absolute Gasteiger partial charge is 0.404 e. The SMILES string of the molecule is CC1CCC(OC(N)=O)CN1C. The van der Waals surface area contributed by atoms with Crippen LogP contribution in [0.25, 0.3) is 0 Å². The molecule has 0 aromatic heterocycles. The Morgan fingerprint density at radius 1 is 1.58 bits per heavy atom. The highest BCUT2D eigenvalue weighted by molar-refractivity contribution is 5.64. The lowest BCUT2D eigenvalue weighted by Crippen LogP contribution is -2.43. The Hall–Kier alpha value is -0.770. The van der Waals surface area contributed by atoms with E-state index >= 15 is 0 Å². The molecular weight excluding hydrogens is 156 g/mol. The maximum absolute atomic E-state index is 10.4. The summed E-state index contributed by atoms with van der Waals surface area (Å²) in [6, 6.07) is 0.581. The van der Waals surface area contributed by atoms with E-state index in [9.17, 15) is 4.79 Å². The standard InChI is InChI=1S/C8H16N2O2/c1-6-3-4-7(5-10(6)2)12-8(9)11/h6-7H,3-5H2,1-2H3,(H2,9,11). The number of carbonyl (C=O) groups is 1. The number of piperidine rings is 1. The molecule has 1 saturated heterocycles. The summed E-state index contributed by atoms with van der Waals surface area (Å²) >= 11 is 0. The van der Waals surface area contributed by atoms with Crippen molar-refractivity contribution in [1.82, 2.24) is 4.90 Å². The summed E-state index contributed by atoms with van der Waals surface area (Å²) in [5.41, 5.74) is 4.92. The number of nitrogens with zero attached hydrogens (tertiary/aromatic N) is 1. The molecule has 1 aliphatic rings. The molecule has 1 aliphatic heterocycles. The second kappa shape index (κ2) is 3.76. The van der Waals surface area contributed by atoms with Crippen molar-refractivity contribution in [3.63, 3.8) is 0 Å². The first-order valence-electron chi connectivity index (χ1n) is 4.26. The van der Waals surface area contributed by atoms with Crippen molar-refractivity contribution in [2.45, 2.75) is 31.9 Å². The van der Waals surface area contributed by atoms with Crippen molar-refractivity contribution < 1.29 is 9.53 Å². The van der Waals surface area contributed by atoms with Crippen LogP contribution in [0.2, 0.25) is 0 Å². The zero-order valence-electron chi connectivity index (χ0n) is 7.62. The van der Waals surface area contributed by atoms with Crippen LogP contribution >= 0.6 is 0 Å². The van der Waals surface area contributed by atoms with Gasteiger partial charge in [-0.25, -0.2) is 4.79 Å². The molecule has 2 unspecified atom stereocenters. The summed E-state index contributed by atoms with van der Waals surface area (Å²) in [5, 5.41) is 0. The average Bonchev–Trinajstić information content (AvgIpc) is 1.96. The minimum Gasteiger partial charge on any atom is -0.445 e. The van der Waals surface area contributed by atoms with Gasteiger partial charge in [-0.05, 0) is 26.8 Å². The molecular formula is C8H16N2O2. The normalized spacial score (nSPS) is 31.5. The summed E-state index contributed by atoms with van der Waals surface area (Å²) in [6.07, 6.45) is 1.31. The second-order valence-electron chi connectivity index (χ2n) is 3.42. The van der Waals surface area contributed by atoms with E-state index in [1.54, 1.807) is 0 Å². The minimum atomic E-state index is -0.664. The van der Waals surface area contributed by atoms with Crippen molar-refractivity contribution in [2.24, 2.45) is 5.73 Å². The highest BCUT2D eigenvalue weighted by Gasteiger charge is 2.24. The van der Waals surface area contributed by atoms with Gasteiger partial charge >= 0.3 is 6.09 Å². The van der Waals surface area contributed by atoms with Crippen LogP contribution in [0, 0.1) is 0 Å². The van der Waals surface area contributed by atoms with Crippen molar-refractivity contribution in [3.8, 4) is 0 Å². The second-order valence-corrected chi connectivity index (χ2v) is 3.42. The van der Waals surface area contributed by atoms with Gasteiger partial charge in [-0.15, -0.1) is 0 Å². The fourth-order valence-electron chi connectivity index (χ4n) is 1.50. The molecule has 0 aromatic rings. The Kier molecular flexibility index (Phi) is 2.92. The van der Waals surface area contributed by atoms with E-state index in [-0.39, 0.29) is 6.10 Å². The lowest BCUT2D eigenvalue weighted by Gasteiger charge is -2.34. The molecule has 0 bridgehead atoms. The van der Waals surface area contributed by atoms with E-state index in [0.717, 1.165) is 19.4 Å². The van der Waals surface area contributed by atoms with E-state index in [1.165, 1.54) is 0 Å². The molecule has 4 heteroatoms. The molecule has 12 heavy (non-hydrogen) atoms. The first kappa shape index (κ1) is 9.32. The molecule has 2 N–H and O–H groups in total. The largest absolute Gasteiger partial charge is 0.445 e. The summed E-state index contributed by atoms with van der Waals surface area (Å²) in [4.78, 5) is 12.6. The van der Waals surface area contributed by atoms with E-state index < -0.39 is 6.09 Å². The molecule has 1 rings (SSSR count). The van der Waals surface area contributed by atoms with Gasteiger partial charge in [0.15, 0.2) is 0 Å². The minimum absolute atomic E-state index is 0.0105. The zero-order valence-corrected chi connectivity index (χ0v) is 7.62. The van der Waals surface area contributed by atoms with Crippen molar-refractivity contribution in [3.05, 3.63) is 0 Å². The number of hydrogen-bond acceptors (Lipinski definition) is 3. The zero-order chi connectivity index (χ0) is 9.14. The Labute approximate surface area is 72.7 Å². The number of carbonyl (C=O) groups excluding carboxylic acids is 1. The topological polar surface area (TPSA) is 55.6 Å². The van der Waals surface area contributed by atoms with Gasteiger partial charge in [0.1, 0.15) is 6.10 Å². The average molecular weight is 172 g/mol. The predicted molar refractivity (Wildman–Crippen MR) is 45.8 cm³/mol. The number of primary amides is 1. The van der Waals surface area contributed by atoms with Gasteiger partial charge in [-0.1, -0.05) is 0 Å². The first-order chi connectivity index (χ1) is 5.59. The van der Waals surface area contributed by atoms with Gasteiger partial charge in [0.25, 0.3) is 0 Å². The number of likely N-dealkylation sites (N-methyl/N-ethyl adjacent to an activating group) is 1. The fraction of sp³-hybridized carbons (Fsp3) is 0.875. The van der Waals surface area contributed by atoms with E-state index in [0.29, 0.717) is 6.04 Å². The quantitative estimate of drug-likeness (QED) is 0.629. The maximum atomic E-state index is 10.4. The van der Waals surface area contributed by atoms with Crippen LogP contribution in [0.3, 0.4) is 0 Å². The van der Waals surface area contributed by atoms with Crippen molar-refractivity contribution in [1.29, 1.82) is 0 Å². The summed E-state index contributed by atoms with van der Waals surface area (Å²) in [6.45, 7) is 2.96. The van der Waals surface area contributed by atoms with Crippen LogP contribution in [-0.4, -0.2) is 36.7 Å². The predicted octanol–water partition coefficient (Wildman–Crippen LogP) is 0.564. The molecule has 0 spiro atoms. The molecule has 0 aliphatic carbocycles. The number of rotatable bonds is 1. The Bertz CT molecular complexity index is 172. The molecule has 4 nitrogen and oxygen atoms in total. The van der Waals surface area contributed by atoms with Gasteiger partial charge in [0.2, 0.25) is 0 Å². The van der Waals surface area contributed by atoms with E-state index in [1.807, 2.05) is 7.05 Å². The maximum Gasteiger partial charge on any atom is 0.404 e. The Morgan fingerprint density at radius 2 is 2.25 bits per heavy atom. The van der Waals surface area contributed by atoms with Crippen LogP contribution in [0.5, 0.6) is 0 Å². The molecule has 2 atom stereocenters. The van der Waals surface area contributed by atoms with Gasteiger partial charge in [-0.3, -0.25) is 0 Å². The monoisotopic (exact) mass is 172 g/mol. The summed E-state index contributed by atoms with van der Waals surface area (Å²) < 4.78 is 4.91. The lowest BCUT2D eigenvalue weighted by molar-refractivity contribution is 0.0375. The third-order valence-electron chi connectivity index (χ3n) is 2.43. The van der Waals surface area contributed by atoms with Crippen LogP contribution < -0.4 is 5.73 Å². The molecule has 0 radical (unpaired) electrons. The Balaban J connectivity index is 2.35. The van der Waals surface area contributed by atoms with E-state index in [2.05, 4.69) is 11.8 Å². The van der Waals surface area contributed by atoms with Gasteiger partial charge in [0.05, 0.1) is 0 Å². The summed E-state index contributed by atoms with van der Waals surface area (Å²) in [5.74, 6) is 0. The van der Waals surface area contributed by atoms with Crippen LogP contribution in [0.15, 0.2) is 0 Å². The third kappa shape index (κ3) is 2.37. The molecule has 0 aromatic carbocycles. The highest BCUT2D eigenvalue weighted by atomic mass is 16.6. The number of hydrogen-bond donors (Lipinski definition) is 1. The summed E-state index contributed by atoms with van der Waals surface area (Å²) in [7, 11) is 2.03. The van der Waals surface area contributed by atoms with Gasteiger partial charge in [0, 0.05) is 12.6 Å². The highest BCUT2D eigenvalue weighted by Crippen LogP contribution is 2.17. The molecule has 70 valence electrons. The Morgan fingerprint density at radius 3 is 2.75 bits per heavy atom. The molecule has 1 heterocycles. The van der Waals surface area contributed by atoms with E-state index in [4.69, 9.17) is 10.5 Å². The first-order valence-corrected chi connectivity index (χ1v) is 4.26. The number of amides is 1. The van der Waals surface area contributed by atoms with Gasteiger partial charge < -0.3 is 15.4 Å². The van der Waals surface area contributed by atoms with Gasteiger partial charge in [-0.2, -0.15) is 0 Å². The molecule has 1 fully saturated rings.